The number of nitrogens with one attached hydrogen (secondary N) is 1. The molecule has 1 aromatic heterocycles. The molecule has 2 heterocycles. The second-order valence-electron chi connectivity index (χ2n) is 8.30. The van der Waals surface area contributed by atoms with Crippen LogP contribution in [0.4, 0.5) is 5.00 Å². The van der Waals surface area contributed by atoms with Crippen molar-refractivity contribution in [3.8, 4) is 0 Å². The molecule has 0 amide bonds. The highest BCUT2D eigenvalue weighted by atomic mass is 35.5. The molecular formula is C26H31ClN2O5S. The van der Waals surface area contributed by atoms with Gasteiger partial charge in [-0.1, -0.05) is 29.8 Å². The van der Waals surface area contributed by atoms with Crippen LogP contribution in [-0.2, 0) is 30.4 Å². The zero-order valence-corrected chi connectivity index (χ0v) is 22.4. The van der Waals surface area contributed by atoms with Crippen LogP contribution >= 0.6 is 22.9 Å². The van der Waals surface area contributed by atoms with Crippen LogP contribution < -0.4 is 10.2 Å². The number of benzene rings is 1. The fraction of sp³-hybridized carbons (Fsp3) is 0.385. The van der Waals surface area contributed by atoms with E-state index >= 15 is 0 Å². The molecule has 1 atom stereocenters. The van der Waals surface area contributed by atoms with Crippen LogP contribution in [-0.4, -0.2) is 46.4 Å². The van der Waals surface area contributed by atoms with Gasteiger partial charge in [-0.2, -0.15) is 0 Å². The van der Waals surface area contributed by atoms with Gasteiger partial charge in [0, 0.05) is 29.7 Å². The minimum Gasteiger partial charge on any atom is -0.466 e. The van der Waals surface area contributed by atoms with Crippen molar-refractivity contribution in [2.45, 2.75) is 33.3 Å². The lowest BCUT2D eigenvalue weighted by atomic mass is 9.80. The summed E-state index contributed by atoms with van der Waals surface area (Å²) in [5.74, 6) is -1.86. The monoisotopic (exact) mass is 518 g/mol. The van der Waals surface area contributed by atoms with Crippen LogP contribution in [0.25, 0.3) is 0 Å². The summed E-state index contributed by atoms with van der Waals surface area (Å²) in [6, 6.07) is 9.25. The Balaban J connectivity index is 2.02. The number of hydrogen-bond donors (Lipinski definition) is 1. The van der Waals surface area contributed by atoms with E-state index in [1.54, 1.807) is 43.4 Å². The lowest BCUT2D eigenvalue weighted by Gasteiger charge is -2.31. The number of hydrogen-bond acceptors (Lipinski definition) is 8. The van der Waals surface area contributed by atoms with Gasteiger partial charge in [-0.05, 0) is 44.0 Å². The van der Waals surface area contributed by atoms with Crippen molar-refractivity contribution in [2.24, 2.45) is 0 Å². The predicted octanol–water partition coefficient (Wildman–Crippen LogP) is 4.94. The maximum atomic E-state index is 13.2. The molecule has 0 fully saturated rings. The van der Waals surface area contributed by atoms with Gasteiger partial charge in [0.15, 0.2) is 0 Å². The zero-order chi connectivity index (χ0) is 25.7. The molecule has 0 spiro atoms. The average molecular weight is 519 g/mol. The van der Waals surface area contributed by atoms with Crippen molar-refractivity contribution in [3.63, 3.8) is 0 Å². The van der Waals surface area contributed by atoms with Gasteiger partial charge in [-0.25, -0.2) is 9.59 Å². The third-order valence-corrected chi connectivity index (χ3v) is 7.41. The number of ether oxygens (including phenoxy) is 3. The Morgan fingerprint density at radius 3 is 2.43 bits per heavy atom. The summed E-state index contributed by atoms with van der Waals surface area (Å²) in [6.07, 6.45) is 0. The third kappa shape index (κ3) is 5.89. The van der Waals surface area contributed by atoms with Crippen molar-refractivity contribution in [1.29, 1.82) is 0 Å². The predicted molar refractivity (Wildman–Crippen MR) is 139 cm³/mol. The topological polar surface area (TPSA) is 77.1 Å². The molecule has 0 saturated carbocycles. The smallest absolute Gasteiger partial charge is 0.336 e. The first-order valence-electron chi connectivity index (χ1n) is 11.2. The number of allylic oxidation sites excluding steroid dienone is 1. The molecule has 188 valence electrons. The van der Waals surface area contributed by atoms with Gasteiger partial charge in [0.2, 0.25) is 0 Å². The van der Waals surface area contributed by atoms with Gasteiger partial charge in [0.1, 0.15) is 0 Å². The Labute approximate surface area is 215 Å². The Hall–Kier alpha value is -2.81. The van der Waals surface area contributed by atoms with Gasteiger partial charge in [0.05, 0.1) is 54.7 Å². The summed E-state index contributed by atoms with van der Waals surface area (Å²) in [7, 11) is 5.31. The number of nitrogens with zero attached hydrogens (tertiary/aromatic N) is 1. The Bertz CT molecular complexity index is 1170. The summed E-state index contributed by atoms with van der Waals surface area (Å²) in [4.78, 5) is 29.2. The van der Waals surface area contributed by atoms with E-state index in [0.29, 0.717) is 34.2 Å². The molecule has 0 radical (unpaired) electrons. The Morgan fingerprint density at radius 2 is 1.83 bits per heavy atom. The summed E-state index contributed by atoms with van der Waals surface area (Å²) >= 11 is 8.20. The highest BCUT2D eigenvalue weighted by Gasteiger charge is 2.39. The van der Waals surface area contributed by atoms with Crippen molar-refractivity contribution in [3.05, 3.63) is 73.9 Å². The van der Waals surface area contributed by atoms with Gasteiger partial charge < -0.3 is 24.4 Å². The molecular weight excluding hydrogens is 488 g/mol. The largest absolute Gasteiger partial charge is 0.466 e. The van der Waals surface area contributed by atoms with Crippen LogP contribution in [0, 0.1) is 6.92 Å². The molecule has 1 N–H and O–H groups in total. The fourth-order valence-electron chi connectivity index (χ4n) is 3.97. The second kappa shape index (κ2) is 11.7. The SMILES string of the molecule is CCOC(=O)C1=C(COCc2sc(N(C)C)cc2C)NC(C)=C(C(=O)OC)C1c1ccccc1Cl. The zero-order valence-electron chi connectivity index (χ0n) is 20.9. The van der Waals surface area contributed by atoms with Crippen molar-refractivity contribution < 1.29 is 23.8 Å². The molecule has 0 saturated heterocycles. The number of rotatable bonds is 9. The van der Waals surface area contributed by atoms with Crippen molar-refractivity contribution in [1.82, 2.24) is 5.32 Å². The molecule has 7 nitrogen and oxygen atoms in total. The van der Waals surface area contributed by atoms with Crippen molar-refractivity contribution >= 4 is 39.9 Å². The minimum atomic E-state index is -0.765. The number of dihydropyridines is 1. The third-order valence-electron chi connectivity index (χ3n) is 5.69. The van der Waals surface area contributed by atoms with Crippen LogP contribution in [0.3, 0.4) is 0 Å². The van der Waals surface area contributed by atoms with Crippen LogP contribution in [0.2, 0.25) is 5.02 Å². The molecule has 1 aliphatic heterocycles. The first kappa shape index (κ1) is 26.8. The molecule has 2 aromatic rings. The number of halogens is 1. The number of carbonyl (C=O) groups is 2. The number of thiophene rings is 1. The van der Waals surface area contributed by atoms with E-state index in [1.807, 2.05) is 27.1 Å². The second-order valence-corrected chi connectivity index (χ2v) is 9.82. The first-order valence-corrected chi connectivity index (χ1v) is 12.4. The molecule has 0 aliphatic carbocycles. The number of anilines is 1. The maximum absolute atomic E-state index is 13.2. The van der Waals surface area contributed by atoms with Crippen LogP contribution in [0.1, 0.15) is 35.8 Å². The lowest BCUT2D eigenvalue weighted by molar-refractivity contribution is -0.139. The Kier molecular flexibility index (Phi) is 8.99. The fourth-order valence-corrected chi connectivity index (χ4v) is 5.25. The van der Waals surface area contributed by atoms with Crippen LogP contribution in [0.15, 0.2) is 52.9 Å². The molecule has 1 aromatic carbocycles. The van der Waals surface area contributed by atoms with Gasteiger partial charge in [0.25, 0.3) is 0 Å². The molecule has 0 bridgehead atoms. The highest BCUT2D eigenvalue weighted by Crippen LogP contribution is 2.42. The molecule has 35 heavy (non-hydrogen) atoms. The lowest BCUT2D eigenvalue weighted by Crippen LogP contribution is -2.34. The van der Waals surface area contributed by atoms with E-state index < -0.39 is 17.9 Å². The summed E-state index contributed by atoms with van der Waals surface area (Å²) in [5, 5.41) is 4.77. The van der Waals surface area contributed by atoms with E-state index in [-0.39, 0.29) is 18.8 Å². The summed E-state index contributed by atoms with van der Waals surface area (Å²) in [5.41, 5.74) is 3.43. The van der Waals surface area contributed by atoms with E-state index in [2.05, 4.69) is 16.3 Å². The van der Waals surface area contributed by atoms with Crippen LogP contribution in [0.5, 0.6) is 0 Å². The van der Waals surface area contributed by atoms with E-state index in [1.165, 1.54) is 7.11 Å². The number of esters is 2. The van der Waals surface area contributed by atoms with Crippen molar-refractivity contribution in [2.75, 3.05) is 39.3 Å². The van der Waals surface area contributed by atoms with Gasteiger partial charge in [-0.3, -0.25) is 0 Å². The van der Waals surface area contributed by atoms with E-state index in [9.17, 15) is 9.59 Å². The Morgan fingerprint density at radius 1 is 1.11 bits per heavy atom. The molecule has 3 rings (SSSR count). The quantitative estimate of drug-likeness (QED) is 0.471. The molecule has 1 aliphatic rings. The van der Waals surface area contributed by atoms with E-state index in [0.717, 1.165) is 15.4 Å². The normalized spacial score (nSPS) is 15.7. The summed E-state index contributed by atoms with van der Waals surface area (Å²) < 4.78 is 16.5. The average Bonchev–Trinajstić information content (AvgIpc) is 3.19. The van der Waals surface area contributed by atoms with Gasteiger partial charge >= 0.3 is 11.9 Å². The summed E-state index contributed by atoms with van der Waals surface area (Å²) in [6.45, 7) is 6.24. The molecule has 1 unspecified atom stereocenters. The number of methoxy groups -OCH3 is 1. The van der Waals surface area contributed by atoms with Gasteiger partial charge in [-0.15, -0.1) is 11.3 Å². The molecule has 9 heteroatoms. The van der Waals surface area contributed by atoms with E-state index in [4.69, 9.17) is 25.8 Å². The maximum Gasteiger partial charge on any atom is 0.336 e. The minimum absolute atomic E-state index is 0.121. The first-order chi connectivity index (χ1) is 16.7. The standard InChI is InChI=1S/C26H31ClN2O5S/c1-7-34-26(31)24-19(13-33-14-20-15(2)12-21(35-20)29(4)5)28-16(3)22(25(30)32-6)23(24)17-10-8-9-11-18(17)27/h8-12,23,28H,7,13-14H2,1-6H3. The number of aryl methyl sites for hydroxylation is 1. The highest BCUT2D eigenvalue weighted by molar-refractivity contribution is 7.16. The number of carbonyl (C=O) groups excluding carboxylic acids is 2.